The van der Waals surface area contributed by atoms with Crippen LogP contribution < -0.4 is 5.73 Å². The molecule has 4 rings (SSSR count). The molecule has 1 fully saturated rings. The van der Waals surface area contributed by atoms with Crippen molar-refractivity contribution in [1.82, 2.24) is 4.90 Å². The second-order valence-corrected chi connectivity index (χ2v) is 8.18. The number of nitrogens with two attached hydrogens (primary N) is 1. The van der Waals surface area contributed by atoms with Gasteiger partial charge in [-0.3, -0.25) is 4.79 Å². The van der Waals surface area contributed by atoms with Gasteiger partial charge in [0.2, 0.25) is 0 Å². The summed E-state index contributed by atoms with van der Waals surface area (Å²) in [5.74, 6) is -0.341. The maximum Gasteiger partial charge on any atom is 0.306 e. The Kier molecular flexibility index (Phi) is 6.30. The second-order valence-electron chi connectivity index (χ2n) is 7.34. The van der Waals surface area contributed by atoms with Gasteiger partial charge >= 0.3 is 5.97 Å². The fraction of sp³-hybridized carbons (Fsp3) is 0.381. The molecule has 27 heavy (non-hydrogen) atoms. The number of fused-ring (bicyclic) bond motifs is 1. The highest BCUT2D eigenvalue weighted by Gasteiger charge is 2.27. The van der Waals surface area contributed by atoms with Crippen molar-refractivity contribution >= 4 is 34.9 Å². The number of anilines is 1. The highest BCUT2D eigenvalue weighted by Crippen LogP contribution is 2.38. The molecule has 0 amide bonds. The monoisotopic (exact) mass is 406 g/mol. The Morgan fingerprint density at radius 1 is 1.19 bits per heavy atom. The fourth-order valence-electron chi connectivity index (χ4n) is 3.51. The Balaban J connectivity index is 0.000000253. The highest BCUT2D eigenvalue weighted by molar-refractivity contribution is 6.35. The minimum absolute atomic E-state index is 0.000000000000000444. The zero-order valence-corrected chi connectivity index (χ0v) is 16.8. The number of aliphatic carboxylic acids is 1. The number of rotatable bonds is 2. The first-order valence-corrected chi connectivity index (χ1v) is 9.85. The molecule has 1 atom stereocenters. The van der Waals surface area contributed by atoms with E-state index >= 15 is 0 Å². The molecule has 1 saturated carbocycles. The number of halogens is 2. The van der Waals surface area contributed by atoms with Crippen LogP contribution in [-0.4, -0.2) is 29.6 Å². The van der Waals surface area contributed by atoms with E-state index in [4.69, 9.17) is 34.0 Å². The van der Waals surface area contributed by atoms with Crippen molar-refractivity contribution in [3.05, 3.63) is 63.1 Å². The summed E-state index contributed by atoms with van der Waals surface area (Å²) in [7, 11) is 2.11. The lowest BCUT2D eigenvalue weighted by Gasteiger charge is -2.33. The van der Waals surface area contributed by atoms with Gasteiger partial charge in [0.1, 0.15) is 0 Å². The molecule has 2 aromatic rings. The molecule has 0 radical (unpaired) electrons. The molecule has 2 aliphatic rings. The third-order valence-electron chi connectivity index (χ3n) is 5.29. The fourth-order valence-corrected chi connectivity index (χ4v) is 4.08. The number of carboxylic acids is 1. The summed E-state index contributed by atoms with van der Waals surface area (Å²) in [6.45, 7) is 1.81. The van der Waals surface area contributed by atoms with Gasteiger partial charge in [-0.25, -0.2) is 0 Å². The van der Waals surface area contributed by atoms with Crippen molar-refractivity contribution in [1.29, 1.82) is 0 Å². The van der Waals surface area contributed by atoms with Crippen LogP contribution in [0.5, 0.6) is 0 Å². The predicted molar refractivity (Wildman–Crippen MR) is 110 cm³/mol. The lowest BCUT2D eigenvalue weighted by atomic mass is 9.85. The van der Waals surface area contributed by atoms with Gasteiger partial charge in [0, 0.05) is 34.7 Å². The molecule has 4 nitrogen and oxygen atoms in total. The number of carboxylic acid groups (broad SMARTS) is 1. The molecule has 0 aromatic heterocycles. The summed E-state index contributed by atoms with van der Waals surface area (Å²) in [6, 6.07) is 11.9. The first-order valence-electron chi connectivity index (χ1n) is 9.09. The van der Waals surface area contributed by atoms with E-state index in [0.29, 0.717) is 5.02 Å². The van der Waals surface area contributed by atoms with Crippen LogP contribution in [0.15, 0.2) is 36.4 Å². The van der Waals surface area contributed by atoms with E-state index < -0.39 is 5.97 Å². The average Bonchev–Trinajstić information content (AvgIpc) is 2.54. The van der Waals surface area contributed by atoms with Gasteiger partial charge in [-0.15, -0.1) is 0 Å². The molecule has 1 aliphatic heterocycles. The van der Waals surface area contributed by atoms with Gasteiger partial charge in [0.25, 0.3) is 0 Å². The molecule has 1 unspecified atom stereocenters. The quantitative estimate of drug-likeness (QED) is 0.686. The minimum atomic E-state index is -0.619. The van der Waals surface area contributed by atoms with Crippen LogP contribution >= 0.6 is 23.2 Å². The van der Waals surface area contributed by atoms with Crippen molar-refractivity contribution in [2.45, 2.75) is 31.7 Å². The van der Waals surface area contributed by atoms with E-state index in [-0.39, 0.29) is 11.8 Å². The summed E-state index contributed by atoms with van der Waals surface area (Å²) in [4.78, 5) is 12.3. The van der Waals surface area contributed by atoms with E-state index in [2.05, 4.69) is 24.1 Å². The summed E-state index contributed by atoms with van der Waals surface area (Å²) < 4.78 is 0. The molecule has 0 spiro atoms. The number of hydrogen-bond acceptors (Lipinski definition) is 3. The summed E-state index contributed by atoms with van der Waals surface area (Å²) in [6.07, 6.45) is 2.90. The minimum Gasteiger partial charge on any atom is -0.481 e. The van der Waals surface area contributed by atoms with Gasteiger partial charge < -0.3 is 15.7 Å². The van der Waals surface area contributed by atoms with Gasteiger partial charge in [-0.05, 0) is 60.8 Å². The highest BCUT2D eigenvalue weighted by atomic mass is 35.5. The molecule has 0 bridgehead atoms. The maximum atomic E-state index is 9.98. The summed E-state index contributed by atoms with van der Waals surface area (Å²) >= 11 is 12.5. The smallest absolute Gasteiger partial charge is 0.306 e. The first-order chi connectivity index (χ1) is 12.8. The van der Waals surface area contributed by atoms with Crippen LogP contribution in [0.1, 0.15) is 41.9 Å². The molecule has 2 aromatic carbocycles. The summed E-state index contributed by atoms with van der Waals surface area (Å²) in [5, 5.41) is 9.68. The van der Waals surface area contributed by atoms with Gasteiger partial charge in [0.05, 0.1) is 5.92 Å². The van der Waals surface area contributed by atoms with Gasteiger partial charge in [-0.1, -0.05) is 41.8 Å². The van der Waals surface area contributed by atoms with Crippen molar-refractivity contribution in [3.63, 3.8) is 0 Å². The molecule has 1 heterocycles. The molecule has 3 N–H and O–H groups in total. The van der Waals surface area contributed by atoms with E-state index in [1.807, 2.05) is 24.3 Å². The Labute approximate surface area is 169 Å². The van der Waals surface area contributed by atoms with Crippen LogP contribution in [0.4, 0.5) is 5.69 Å². The zero-order valence-electron chi connectivity index (χ0n) is 15.3. The van der Waals surface area contributed by atoms with Crippen LogP contribution in [0.3, 0.4) is 0 Å². The lowest BCUT2D eigenvalue weighted by molar-refractivity contribution is -0.144. The molecule has 6 heteroatoms. The zero-order chi connectivity index (χ0) is 19.6. The average molecular weight is 407 g/mol. The number of nitrogen functional groups attached to an aromatic ring is 1. The van der Waals surface area contributed by atoms with Crippen LogP contribution in [-0.2, 0) is 11.3 Å². The first kappa shape index (κ1) is 20.0. The van der Waals surface area contributed by atoms with Crippen molar-refractivity contribution in [3.8, 4) is 0 Å². The van der Waals surface area contributed by atoms with E-state index in [9.17, 15) is 4.79 Å². The topological polar surface area (TPSA) is 66.6 Å². The Bertz CT molecular complexity index is 820. The van der Waals surface area contributed by atoms with Crippen molar-refractivity contribution in [2.75, 3.05) is 19.3 Å². The third-order valence-corrected chi connectivity index (χ3v) is 5.84. The van der Waals surface area contributed by atoms with Crippen molar-refractivity contribution < 1.29 is 9.90 Å². The number of likely N-dealkylation sites (N-methyl/N-ethyl adjacent to an activating group) is 1. The van der Waals surface area contributed by atoms with Crippen LogP contribution in [0, 0.1) is 5.92 Å². The number of carbonyl (C=O) groups is 1. The van der Waals surface area contributed by atoms with Gasteiger partial charge in [-0.2, -0.15) is 0 Å². The molecule has 1 aliphatic carbocycles. The third kappa shape index (κ3) is 4.75. The predicted octanol–water partition coefficient (Wildman–Crippen LogP) is 5.02. The van der Waals surface area contributed by atoms with E-state index in [1.54, 1.807) is 0 Å². The molecular weight excluding hydrogens is 383 g/mol. The number of hydrogen-bond donors (Lipinski definition) is 2. The normalized spacial score (nSPS) is 19.4. The maximum absolute atomic E-state index is 9.98. The number of nitrogens with zero attached hydrogens (tertiary/aromatic N) is 1. The second kappa shape index (κ2) is 8.51. The Morgan fingerprint density at radius 3 is 2.37 bits per heavy atom. The molecular formula is C21H24Cl2N2O2. The van der Waals surface area contributed by atoms with Gasteiger partial charge in [0.15, 0.2) is 0 Å². The van der Waals surface area contributed by atoms with E-state index in [0.717, 1.165) is 43.1 Å². The largest absolute Gasteiger partial charge is 0.481 e. The van der Waals surface area contributed by atoms with E-state index in [1.165, 1.54) is 16.7 Å². The summed E-state index contributed by atoms with van der Waals surface area (Å²) in [5.41, 5.74) is 10.2. The van der Waals surface area contributed by atoms with Crippen molar-refractivity contribution in [2.24, 2.45) is 5.92 Å². The van der Waals surface area contributed by atoms with Crippen LogP contribution in [0.25, 0.3) is 0 Å². The molecule has 144 valence electrons. The molecule has 0 saturated heterocycles. The number of benzene rings is 2. The lowest BCUT2D eigenvalue weighted by Crippen LogP contribution is -2.31. The SMILES string of the molecule is CN1Cc2c(Cl)cc(Cl)cc2C(c2ccc(N)cc2)C1.O=C(O)C1CCC1. The standard InChI is InChI=1S/C16H16Cl2N2.C5H8O2/c1-20-8-14(10-2-4-12(19)5-3-10)13-6-11(17)7-16(18)15(13)9-20;6-5(7)4-2-1-3-4/h2-7,14H,8-9,19H2,1H3;4H,1-3H2,(H,6,7). The Morgan fingerprint density at radius 2 is 1.85 bits per heavy atom. The Hall–Kier alpha value is -1.75. The van der Waals surface area contributed by atoms with Crippen LogP contribution in [0.2, 0.25) is 10.0 Å².